The number of nitrogens with zero attached hydrogens (tertiary/aromatic N) is 2. The van der Waals surface area contributed by atoms with Crippen LogP contribution in [-0.4, -0.2) is 54.4 Å². The summed E-state index contributed by atoms with van der Waals surface area (Å²) in [5.74, 6) is 0.165. The van der Waals surface area contributed by atoms with Gasteiger partial charge in [0.1, 0.15) is 11.6 Å². The molecule has 0 bridgehead atoms. The number of carbonyl (C=O) groups is 2. The monoisotopic (exact) mass is 418 g/mol. The van der Waals surface area contributed by atoms with E-state index in [1.54, 1.807) is 21.9 Å². The number of hydrogen-bond donors (Lipinski definition) is 0. The number of ether oxygens (including phenoxy) is 1. The van der Waals surface area contributed by atoms with Crippen LogP contribution in [0.15, 0.2) is 36.4 Å². The van der Waals surface area contributed by atoms with E-state index in [1.807, 2.05) is 26.0 Å². The molecule has 0 radical (unpaired) electrons. The number of aryl methyl sites for hydroxylation is 2. The molecular weight excluding hydrogens is 395 g/mol. The lowest BCUT2D eigenvalue weighted by Crippen LogP contribution is -2.52. The Morgan fingerprint density at radius 3 is 2.03 bits per heavy atom. The van der Waals surface area contributed by atoms with Gasteiger partial charge in [-0.15, -0.1) is 0 Å². The van der Waals surface area contributed by atoms with Crippen LogP contribution in [0, 0.1) is 19.7 Å². The van der Waals surface area contributed by atoms with Crippen LogP contribution in [0.1, 0.15) is 16.7 Å². The lowest BCUT2D eigenvalue weighted by Gasteiger charge is -2.34. The minimum absolute atomic E-state index is 0.0212. The molecule has 0 saturated carbocycles. The largest absolute Gasteiger partial charge is 0.484 e. The Labute approximate surface area is 175 Å². The molecule has 1 saturated heterocycles. The summed E-state index contributed by atoms with van der Waals surface area (Å²) in [5, 5.41) is 0.699. The van der Waals surface area contributed by atoms with Crippen molar-refractivity contribution in [1.82, 2.24) is 9.80 Å². The van der Waals surface area contributed by atoms with Gasteiger partial charge >= 0.3 is 0 Å². The first-order valence-corrected chi connectivity index (χ1v) is 9.91. The van der Waals surface area contributed by atoms with E-state index in [-0.39, 0.29) is 30.7 Å². The van der Waals surface area contributed by atoms with E-state index in [9.17, 15) is 14.0 Å². The van der Waals surface area contributed by atoms with Gasteiger partial charge in [0.2, 0.25) is 5.91 Å². The molecule has 0 N–H and O–H groups in total. The quantitative estimate of drug-likeness (QED) is 0.747. The maximum absolute atomic E-state index is 13.0. The Morgan fingerprint density at radius 2 is 1.48 bits per heavy atom. The molecule has 0 aliphatic carbocycles. The molecule has 5 nitrogen and oxygen atoms in total. The topological polar surface area (TPSA) is 49.9 Å². The van der Waals surface area contributed by atoms with Crippen LogP contribution in [0.4, 0.5) is 4.39 Å². The van der Waals surface area contributed by atoms with Gasteiger partial charge in [-0.05, 0) is 54.8 Å². The zero-order valence-corrected chi connectivity index (χ0v) is 17.3. The van der Waals surface area contributed by atoms with Crippen molar-refractivity contribution in [2.24, 2.45) is 0 Å². The molecule has 1 aliphatic rings. The second-order valence-corrected chi connectivity index (χ2v) is 7.60. The van der Waals surface area contributed by atoms with E-state index >= 15 is 0 Å². The van der Waals surface area contributed by atoms with Gasteiger partial charge in [0.15, 0.2) is 6.61 Å². The van der Waals surface area contributed by atoms with Gasteiger partial charge in [-0.3, -0.25) is 9.59 Å². The summed E-state index contributed by atoms with van der Waals surface area (Å²) in [6, 6.07) is 9.56. The van der Waals surface area contributed by atoms with Crippen molar-refractivity contribution in [1.29, 1.82) is 0 Å². The van der Waals surface area contributed by atoms with Gasteiger partial charge in [-0.25, -0.2) is 4.39 Å². The molecular formula is C22H24ClFN2O3. The molecule has 2 aromatic rings. The highest BCUT2D eigenvalue weighted by molar-refractivity contribution is 6.32. The second-order valence-electron chi connectivity index (χ2n) is 7.22. The molecule has 0 aromatic heterocycles. The van der Waals surface area contributed by atoms with Crippen molar-refractivity contribution in [3.8, 4) is 5.75 Å². The van der Waals surface area contributed by atoms with Gasteiger partial charge in [0, 0.05) is 31.2 Å². The standard InChI is InChI=1S/C22H24ClFN2O3/c1-15-11-19(12-16(2)22(15)23)29-14-21(28)26-9-7-25(8-10-26)20(27)13-17-3-5-18(24)6-4-17/h3-6,11-12H,7-10,13-14H2,1-2H3. The van der Waals surface area contributed by atoms with Gasteiger partial charge in [0.05, 0.1) is 6.42 Å². The summed E-state index contributed by atoms with van der Waals surface area (Å²) in [4.78, 5) is 28.3. The third-order valence-corrected chi connectivity index (χ3v) is 5.62. The third kappa shape index (κ3) is 5.48. The lowest BCUT2D eigenvalue weighted by molar-refractivity contribution is -0.140. The number of carbonyl (C=O) groups excluding carboxylic acids is 2. The second kappa shape index (κ2) is 9.27. The average molecular weight is 419 g/mol. The highest BCUT2D eigenvalue weighted by atomic mass is 35.5. The average Bonchev–Trinajstić information content (AvgIpc) is 2.72. The van der Waals surface area contributed by atoms with Crippen LogP contribution in [0.2, 0.25) is 5.02 Å². The van der Waals surface area contributed by atoms with Crippen LogP contribution in [0.5, 0.6) is 5.75 Å². The van der Waals surface area contributed by atoms with Crippen molar-refractivity contribution in [2.45, 2.75) is 20.3 Å². The number of amides is 2. The number of halogens is 2. The smallest absolute Gasteiger partial charge is 0.260 e. The van der Waals surface area contributed by atoms with Crippen molar-refractivity contribution >= 4 is 23.4 Å². The predicted molar refractivity (Wildman–Crippen MR) is 110 cm³/mol. The molecule has 7 heteroatoms. The Kier molecular flexibility index (Phi) is 6.75. The van der Waals surface area contributed by atoms with E-state index in [2.05, 4.69) is 0 Å². The fourth-order valence-electron chi connectivity index (χ4n) is 3.32. The maximum Gasteiger partial charge on any atom is 0.260 e. The zero-order valence-electron chi connectivity index (χ0n) is 16.6. The Balaban J connectivity index is 1.46. The van der Waals surface area contributed by atoms with Crippen LogP contribution in [0.3, 0.4) is 0 Å². The van der Waals surface area contributed by atoms with Crippen LogP contribution in [0.25, 0.3) is 0 Å². The van der Waals surface area contributed by atoms with Gasteiger partial charge < -0.3 is 14.5 Å². The Morgan fingerprint density at radius 1 is 0.966 bits per heavy atom. The van der Waals surface area contributed by atoms with Gasteiger partial charge in [0.25, 0.3) is 5.91 Å². The van der Waals surface area contributed by atoms with Crippen molar-refractivity contribution in [3.63, 3.8) is 0 Å². The Hall–Kier alpha value is -2.60. The number of piperazine rings is 1. The van der Waals surface area contributed by atoms with E-state index in [4.69, 9.17) is 16.3 Å². The summed E-state index contributed by atoms with van der Waals surface area (Å²) in [6.45, 7) is 5.63. The summed E-state index contributed by atoms with van der Waals surface area (Å²) < 4.78 is 18.6. The summed E-state index contributed by atoms with van der Waals surface area (Å²) in [6.07, 6.45) is 0.229. The lowest BCUT2D eigenvalue weighted by atomic mass is 10.1. The molecule has 0 spiro atoms. The molecule has 154 valence electrons. The highest BCUT2D eigenvalue weighted by Gasteiger charge is 2.24. The van der Waals surface area contributed by atoms with E-state index in [0.717, 1.165) is 16.7 Å². The fraction of sp³-hybridized carbons (Fsp3) is 0.364. The van der Waals surface area contributed by atoms with Crippen LogP contribution < -0.4 is 4.74 Å². The van der Waals surface area contributed by atoms with Crippen molar-refractivity contribution < 1.29 is 18.7 Å². The molecule has 3 rings (SSSR count). The van der Waals surface area contributed by atoms with Crippen LogP contribution >= 0.6 is 11.6 Å². The first-order valence-electron chi connectivity index (χ1n) is 9.53. The van der Waals surface area contributed by atoms with Crippen molar-refractivity contribution in [3.05, 3.63) is 63.9 Å². The molecule has 1 heterocycles. The summed E-state index contributed by atoms with van der Waals surface area (Å²) in [7, 11) is 0. The molecule has 0 atom stereocenters. The predicted octanol–water partition coefficient (Wildman–Crippen LogP) is 3.39. The number of rotatable bonds is 5. The number of benzene rings is 2. The molecule has 2 aromatic carbocycles. The first-order chi connectivity index (χ1) is 13.8. The van der Waals surface area contributed by atoms with E-state index in [1.165, 1.54) is 12.1 Å². The molecule has 0 unspecified atom stereocenters. The molecule has 2 amide bonds. The van der Waals surface area contributed by atoms with Crippen LogP contribution in [-0.2, 0) is 16.0 Å². The normalized spacial score (nSPS) is 14.1. The SMILES string of the molecule is Cc1cc(OCC(=O)N2CCN(C(=O)Cc3ccc(F)cc3)CC2)cc(C)c1Cl. The molecule has 1 aliphatic heterocycles. The Bertz CT molecular complexity index is 870. The van der Waals surface area contributed by atoms with Gasteiger partial charge in [-0.1, -0.05) is 23.7 Å². The minimum Gasteiger partial charge on any atom is -0.484 e. The van der Waals surface area contributed by atoms with Gasteiger partial charge in [-0.2, -0.15) is 0 Å². The highest BCUT2D eigenvalue weighted by Crippen LogP contribution is 2.25. The summed E-state index contributed by atoms with van der Waals surface area (Å²) >= 11 is 6.15. The minimum atomic E-state index is -0.320. The molecule has 29 heavy (non-hydrogen) atoms. The zero-order chi connectivity index (χ0) is 21.0. The number of hydrogen-bond acceptors (Lipinski definition) is 3. The van der Waals surface area contributed by atoms with E-state index < -0.39 is 0 Å². The molecule has 1 fully saturated rings. The first kappa shape index (κ1) is 21.1. The summed E-state index contributed by atoms with van der Waals surface area (Å²) in [5.41, 5.74) is 2.58. The maximum atomic E-state index is 13.0. The third-order valence-electron chi connectivity index (χ3n) is 5.03. The fourth-order valence-corrected chi connectivity index (χ4v) is 3.43. The van der Waals surface area contributed by atoms with E-state index in [0.29, 0.717) is 37.0 Å². The van der Waals surface area contributed by atoms with Crippen molar-refractivity contribution in [2.75, 3.05) is 32.8 Å².